The van der Waals surface area contributed by atoms with Crippen molar-refractivity contribution in [3.05, 3.63) is 0 Å². The molecular formula is C13H27BrN2. The molecule has 0 aromatic carbocycles. The van der Waals surface area contributed by atoms with Crippen LogP contribution in [0.25, 0.3) is 0 Å². The van der Waals surface area contributed by atoms with Crippen molar-refractivity contribution in [2.24, 2.45) is 17.8 Å². The molecule has 16 heavy (non-hydrogen) atoms. The minimum absolute atomic E-state index is 0.771. The summed E-state index contributed by atoms with van der Waals surface area (Å²) in [6, 6.07) is 0. The molecule has 2 atom stereocenters. The molecule has 1 rings (SSSR count). The van der Waals surface area contributed by atoms with Gasteiger partial charge in [-0.1, -0.05) is 29.8 Å². The SMILES string of the molecule is CC(C)C(CBr)CN(C)CC1CCN(C)C1. The van der Waals surface area contributed by atoms with Crippen LogP contribution >= 0.6 is 15.9 Å². The largest absolute Gasteiger partial charge is 0.306 e. The molecule has 0 radical (unpaired) electrons. The first-order chi connectivity index (χ1) is 7.52. The fourth-order valence-electron chi connectivity index (χ4n) is 2.53. The highest BCUT2D eigenvalue weighted by Gasteiger charge is 2.22. The molecule has 0 saturated carbocycles. The van der Waals surface area contributed by atoms with Gasteiger partial charge in [0.1, 0.15) is 0 Å². The number of halogens is 1. The average Bonchev–Trinajstić information content (AvgIpc) is 2.60. The summed E-state index contributed by atoms with van der Waals surface area (Å²) in [7, 11) is 4.51. The molecule has 0 spiro atoms. The highest BCUT2D eigenvalue weighted by Crippen LogP contribution is 2.18. The summed E-state index contributed by atoms with van der Waals surface area (Å²) >= 11 is 3.63. The Morgan fingerprint density at radius 1 is 1.44 bits per heavy atom. The number of hydrogen-bond donors (Lipinski definition) is 0. The lowest BCUT2D eigenvalue weighted by atomic mass is 9.97. The third-order valence-electron chi connectivity index (χ3n) is 3.75. The molecule has 96 valence electrons. The first kappa shape index (κ1) is 14.5. The minimum Gasteiger partial charge on any atom is -0.306 e. The number of alkyl halides is 1. The molecule has 2 unspecified atom stereocenters. The maximum atomic E-state index is 3.63. The zero-order valence-corrected chi connectivity index (χ0v) is 12.8. The molecule has 0 aromatic heterocycles. The summed E-state index contributed by atoms with van der Waals surface area (Å²) < 4.78 is 0. The van der Waals surface area contributed by atoms with Crippen molar-refractivity contribution >= 4 is 15.9 Å². The van der Waals surface area contributed by atoms with Crippen LogP contribution in [0.4, 0.5) is 0 Å². The second-order valence-corrected chi connectivity index (χ2v) is 6.44. The number of hydrogen-bond acceptors (Lipinski definition) is 2. The fraction of sp³-hybridized carbons (Fsp3) is 1.00. The molecule has 0 amide bonds. The van der Waals surface area contributed by atoms with Gasteiger partial charge in [-0.2, -0.15) is 0 Å². The molecule has 2 nitrogen and oxygen atoms in total. The van der Waals surface area contributed by atoms with Crippen molar-refractivity contribution in [1.29, 1.82) is 0 Å². The van der Waals surface area contributed by atoms with Gasteiger partial charge in [-0.05, 0) is 44.8 Å². The van der Waals surface area contributed by atoms with E-state index in [0.717, 1.165) is 23.1 Å². The minimum atomic E-state index is 0.771. The fourth-order valence-corrected chi connectivity index (χ4v) is 3.48. The lowest BCUT2D eigenvalue weighted by Crippen LogP contribution is -2.33. The van der Waals surface area contributed by atoms with E-state index in [1.165, 1.54) is 32.6 Å². The van der Waals surface area contributed by atoms with E-state index in [1.54, 1.807) is 0 Å². The monoisotopic (exact) mass is 290 g/mol. The predicted molar refractivity (Wildman–Crippen MR) is 75.2 cm³/mol. The van der Waals surface area contributed by atoms with Crippen LogP contribution < -0.4 is 0 Å². The van der Waals surface area contributed by atoms with Crippen LogP contribution in [0.1, 0.15) is 20.3 Å². The van der Waals surface area contributed by atoms with Crippen LogP contribution in [0, 0.1) is 17.8 Å². The maximum absolute atomic E-state index is 3.63. The Morgan fingerprint density at radius 2 is 2.12 bits per heavy atom. The first-order valence-corrected chi connectivity index (χ1v) is 7.58. The lowest BCUT2D eigenvalue weighted by Gasteiger charge is -2.27. The van der Waals surface area contributed by atoms with Crippen LogP contribution in [-0.2, 0) is 0 Å². The molecule has 0 aromatic rings. The Balaban J connectivity index is 2.26. The summed E-state index contributed by atoms with van der Waals surface area (Å²) in [5, 5.41) is 1.12. The summed E-state index contributed by atoms with van der Waals surface area (Å²) in [6.07, 6.45) is 1.38. The predicted octanol–water partition coefficient (Wildman–Crippen LogP) is 2.54. The normalized spacial score (nSPS) is 24.6. The second-order valence-electron chi connectivity index (χ2n) is 5.80. The van der Waals surface area contributed by atoms with Crippen molar-refractivity contribution in [2.75, 3.05) is 45.6 Å². The van der Waals surface area contributed by atoms with Gasteiger partial charge in [0.15, 0.2) is 0 Å². The van der Waals surface area contributed by atoms with Gasteiger partial charge in [-0.15, -0.1) is 0 Å². The molecule has 1 aliphatic heterocycles. The van der Waals surface area contributed by atoms with Crippen LogP contribution in [-0.4, -0.2) is 55.4 Å². The topological polar surface area (TPSA) is 6.48 Å². The highest BCUT2D eigenvalue weighted by atomic mass is 79.9. The Bertz CT molecular complexity index is 196. The number of nitrogens with zero attached hydrogens (tertiary/aromatic N) is 2. The van der Waals surface area contributed by atoms with E-state index in [0.29, 0.717) is 0 Å². The van der Waals surface area contributed by atoms with Gasteiger partial charge < -0.3 is 9.80 Å². The van der Waals surface area contributed by atoms with Crippen molar-refractivity contribution < 1.29 is 0 Å². The Hall–Kier alpha value is 0.400. The van der Waals surface area contributed by atoms with E-state index in [9.17, 15) is 0 Å². The summed E-state index contributed by atoms with van der Waals surface area (Å²) in [5.74, 6) is 2.44. The molecule has 1 saturated heterocycles. The van der Waals surface area contributed by atoms with Crippen LogP contribution in [0.2, 0.25) is 0 Å². The Kier molecular flexibility index (Phi) is 6.30. The summed E-state index contributed by atoms with van der Waals surface area (Å²) in [5.41, 5.74) is 0. The molecule has 3 heteroatoms. The quantitative estimate of drug-likeness (QED) is 0.694. The molecule has 0 N–H and O–H groups in total. The molecule has 1 heterocycles. The Morgan fingerprint density at radius 3 is 2.56 bits per heavy atom. The van der Waals surface area contributed by atoms with E-state index in [2.05, 4.69) is 53.7 Å². The molecule has 0 bridgehead atoms. The van der Waals surface area contributed by atoms with Crippen molar-refractivity contribution in [3.63, 3.8) is 0 Å². The second kappa shape index (κ2) is 6.97. The Labute approximate surface area is 109 Å². The van der Waals surface area contributed by atoms with Gasteiger partial charge in [0.2, 0.25) is 0 Å². The number of likely N-dealkylation sites (tertiary alicyclic amines) is 1. The van der Waals surface area contributed by atoms with Crippen molar-refractivity contribution in [2.45, 2.75) is 20.3 Å². The zero-order valence-electron chi connectivity index (χ0n) is 11.2. The van der Waals surface area contributed by atoms with Crippen molar-refractivity contribution in [3.8, 4) is 0 Å². The van der Waals surface area contributed by atoms with Crippen LogP contribution in [0.3, 0.4) is 0 Å². The van der Waals surface area contributed by atoms with Gasteiger partial charge >= 0.3 is 0 Å². The van der Waals surface area contributed by atoms with Crippen LogP contribution in [0.15, 0.2) is 0 Å². The summed E-state index contributed by atoms with van der Waals surface area (Å²) in [4.78, 5) is 4.97. The van der Waals surface area contributed by atoms with E-state index in [1.807, 2.05) is 0 Å². The molecule has 0 aliphatic carbocycles. The lowest BCUT2D eigenvalue weighted by molar-refractivity contribution is 0.222. The smallest absolute Gasteiger partial charge is 0.00743 e. The van der Waals surface area contributed by atoms with Gasteiger partial charge in [0, 0.05) is 25.0 Å². The van der Waals surface area contributed by atoms with Gasteiger partial charge in [0.25, 0.3) is 0 Å². The van der Waals surface area contributed by atoms with Gasteiger partial charge in [-0.25, -0.2) is 0 Å². The van der Waals surface area contributed by atoms with Crippen LogP contribution in [0.5, 0.6) is 0 Å². The molecule has 1 aliphatic rings. The highest BCUT2D eigenvalue weighted by molar-refractivity contribution is 9.09. The van der Waals surface area contributed by atoms with E-state index in [-0.39, 0.29) is 0 Å². The van der Waals surface area contributed by atoms with E-state index < -0.39 is 0 Å². The maximum Gasteiger partial charge on any atom is 0.00743 e. The third kappa shape index (κ3) is 4.72. The number of rotatable bonds is 6. The van der Waals surface area contributed by atoms with E-state index in [4.69, 9.17) is 0 Å². The summed E-state index contributed by atoms with van der Waals surface area (Å²) in [6.45, 7) is 9.70. The molecule has 1 fully saturated rings. The zero-order chi connectivity index (χ0) is 12.1. The van der Waals surface area contributed by atoms with Crippen molar-refractivity contribution in [1.82, 2.24) is 9.80 Å². The van der Waals surface area contributed by atoms with Gasteiger partial charge in [0.05, 0.1) is 0 Å². The average molecular weight is 291 g/mol. The standard InChI is InChI=1S/C13H27BrN2/c1-11(2)13(7-14)10-16(4)9-12-5-6-15(3)8-12/h11-13H,5-10H2,1-4H3. The van der Waals surface area contributed by atoms with E-state index >= 15 is 0 Å². The van der Waals surface area contributed by atoms with Gasteiger partial charge in [-0.3, -0.25) is 0 Å². The first-order valence-electron chi connectivity index (χ1n) is 6.46. The third-order valence-corrected chi connectivity index (χ3v) is 4.58. The molecular weight excluding hydrogens is 264 g/mol.